The van der Waals surface area contributed by atoms with Gasteiger partial charge in [-0.2, -0.15) is 0 Å². The van der Waals surface area contributed by atoms with Gasteiger partial charge in [0.15, 0.2) is 0 Å². The predicted octanol–water partition coefficient (Wildman–Crippen LogP) is 7.02. The molecule has 0 unspecified atom stereocenters. The molecule has 2 aromatic carbocycles. The lowest BCUT2D eigenvalue weighted by Gasteiger charge is -2.33. The minimum absolute atomic E-state index is 0.0786. The highest BCUT2D eigenvalue weighted by atomic mass is 35.5. The van der Waals surface area contributed by atoms with Gasteiger partial charge in [-0.15, -0.1) is 0 Å². The van der Waals surface area contributed by atoms with E-state index in [0.717, 1.165) is 17.7 Å². The standard InChI is InChI=1S/C35H42ClN5O6/c1-35(2,3)47-34(43)40-17-14-27(15-18-40)46-30-13-10-25(20-29(30)36)39-31-28-19-24(33(42)45-5)7-6-16-41(32(28)38-22-37-31)21-23-8-11-26(44-4)12-9-23/h8-13,19-20,22,27H,6-7,14-18,21H2,1-5H3,(H,37,38,39)/b24-19+. The zero-order chi connectivity index (χ0) is 33.6. The Bertz CT molecular complexity index is 1600. The van der Waals surface area contributed by atoms with E-state index in [9.17, 15) is 9.59 Å². The molecule has 3 heterocycles. The second-order valence-corrected chi connectivity index (χ2v) is 13.0. The number of halogens is 1. The molecule has 11 nitrogen and oxygen atoms in total. The number of carbonyl (C=O) groups excluding carboxylic acids is 2. The number of benzene rings is 2. The predicted molar refractivity (Wildman–Crippen MR) is 181 cm³/mol. The van der Waals surface area contributed by atoms with E-state index in [2.05, 4.69) is 20.2 Å². The van der Waals surface area contributed by atoms with E-state index in [4.69, 9.17) is 30.5 Å². The van der Waals surface area contributed by atoms with Crippen LogP contribution in [0.15, 0.2) is 54.4 Å². The highest BCUT2D eigenvalue weighted by molar-refractivity contribution is 6.32. The SMILES string of the molecule is COC(=O)/C1=C/c2c(Nc3ccc(OC4CCN(C(=O)OC(C)(C)C)CC4)c(Cl)c3)ncnc2N(Cc2ccc(OC)cc2)CCC1. The van der Waals surface area contributed by atoms with E-state index in [1.54, 1.807) is 18.1 Å². The van der Waals surface area contributed by atoms with Crippen LogP contribution in [0.1, 0.15) is 57.6 Å². The molecule has 2 aliphatic rings. The zero-order valence-corrected chi connectivity index (χ0v) is 28.3. The van der Waals surface area contributed by atoms with Crippen LogP contribution in [-0.4, -0.2) is 72.5 Å². The smallest absolute Gasteiger partial charge is 0.410 e. The molecule has 1 N–H and O–H groups in total. The molecule has 250 valence electrons. The van der Waals surface area contributed by atoms with Crippen molar-refractivity contribution in [2.75, 3.05) is 44.1 Å². The van der Waals surface area contributed by atoms with Crippen LogP contribution in [0, 0.1) is 0 Å². The van der Waals surface area contributed by atoms with E-state index in [1.807, 2.05) is 63.2 Å². The van der Waals surface area contributed by atoms with Crippen LogP contribution in [0.25, 0.3) is 6.08 Å². The maximum absolute atomic E-state index is 12.7. The van der Waals surface area contributed by atoms with Crippen LogP contribution in [0.2, 0.25) is 5.02 Å². The molecule has 1 amide bonds. The molecule has 3 aromatic rings. The Labute approximate surface area is 280 Å². The normalized spacial score (nSPS) is 16.6. The van der Waals surface area contributed by atoms with Crippen molar-refractivity contribution in [2.24, 2.45) is 0 Å². The van der Waals surface area contributed by atoms with Gasteiger partial charge in [0.2, 0.25) is 0 Å². The van der Waals surface area contributed by atoms with Crippen LogP contribution in [0.5, 0.6) is 11.5 Å². The number of fused-ring (bicyclic) bond motifs is 1. The van der Waals surface area contributed by atoms with E-state index >= 15 is 0 Å². The van der Waals surface area contributed by atoms with E-state index in [1.165, 1.54) is 13.4 Å². The summed E-state index contributed by atoms with van der Waals surface area (Å²) in [6.45, 7) is 7.97. The van der Waals surface area contributed by atoms with E-state index < -0.39 is 5.60 Å². The fraction of sp³-hybridized carbons (Fsp3) is 0.429. The molecule has 1 fully saturated rings. The largest absolute Gasteiger partial charge is 0.497 e. The van der Waals surface area contributed by atoms with Crippen LogP contribution in [-0.2, 0) is 20.8 Å². The van der Waals surface area contributed by atoms with Gasteiger partial charge in [-0.1, -0.05) is 23.7 Å². The Morgan fingerprint density at radius 2 is 1.77 bits per heavy atom. The summed E-state index contributed by atoms with van der Waals surface area (Å²) < 4.78 is 22.1. The van der Waals surface area contributed by atoms with Crippen molar-refractivity contribution in [1.82, 2.24) is 14.9 Å². The van der Waals surface area contributed by atoms with Gasteiger partial charge in [-0.25, -0.2) is 19.6 Å². The Morgan fingerprint density at radius 1 is 1.02 bits per heavy atom. The van der Waals surface area contributed by atoms with Crippen LogP contribution in [0.3, 0.4) is 0 Å². The molecular weight excluding hydrogens is 622 g/mol. The number of likely N-dealkylation sites (tertiary alicyclic amines) is 1. The third kappa shape index (κ3) is 8.85. The van der Waals surface area contributed by atoms with Gasteiger partial charge in [0.05, 0.1) is 24.8 Å². The molecule has 5 rings (SSSR count). The van der Waals surface area contributed by atoms with Gasteiger partial charge in [0.1, 0.15) is 41.2 Å². The first-order valence-electron chi connectivity index (χ1n) is 15.8. The summed E-state index contributed by atoms with van der Waals surface area (Å²) in [5.41, 5.74) is 2.48. The fourth-order valence-corrected chi connectivity index (χ4v) is 5.78. The van der Waals surface area contributed by atoms with Crippen molar-refractivity contribution in [3.8, 4) is 11.5 Å². The maximum Gasteiger partial charge on any atom is 0.410 e. The number of anilines is 3. The summed E-state index contributed by atoms with van der Waals surface area (Å²) in [5, 5.41) is 3.82. The van der Waals surface area contributed by atoms with Crippen molar-refractivity contribution in [3.63, 3.8) is 0 Å². The number of hydrogen-bond acceptors (Lipinski definition) is 10. The third-order valence-corrected chi connectivity index (χ3v) is 8.21. The molecule has 0 bridgehead atoms. The molecule has 0 aliphatic carbocycles. The minimum Gasteiger partial charge on any atom is -0.497 e. The number of carbonyl (C=O) groups is 2. The quantitative estimate of drug-likeness (QED) is 0.252. The number of nitrogens with zero attached hydrogens (tertiary/aromatic N) is 4. The van der Waals surface area contributed by atoms with Gasteiger partial charge in [0, 0.05) is 50.3 Å². The lowest BCUT2D eigenvalue weighted by molar-refractivity contribution is -0.136. The summed E-state index contributed by atoms with van der Waals surface area (Å²) in [4.78, 5) is 38.2. The highest BCUT2D eigenvalue weighted by Gasteiger charge is 2.28. The zero-order valence-electron chi connectivity index (χ0n) is 27.5. The summed E-state index contributed by atoms with van der Waals surface area (Å²) in [6, 6.07) is 13.4. The van der Waals surface area contributed by atoms with Gasteiger partial charge >= 0.3 is 12.1 Å². The molecule has 1 aromatic heterocycles. The number of aromatic nitrogens is 2. The van der Waals surface area contributed by atoms with Crippen molar-refractivity contribution in [3.05, 3.63) is 70.5 Å². The summed E-state index contributed by atoms with van der Waals surface area (Å²) >= 11 is 6.70. The first-order valence-corrected chi connectivity index (χ1v) is 16.1. The molecule has 47 heavy (non-hydrogen) atoms. The summed E-state index contributed by atoms with van der Waals surface area (Å²) in [5.74, 6) is 2.20. The topological polar surface area (TPSA) is 115 Å². The van der Waals surface area contributed by atoms with Crippen molar-refractivity contribution >= 4 is 47.1 Å². The number of hydrogen-bond donors (Lipinski definition) is 1. The van der Waals surface area contributed by atoms with Crippen molar-refractivity contribution in [2.45, 2.75) is 64.7 Å². The molecule has 0 spiro atoms. The van der Waals surface area contributed by atoms with Crippen LogP contribution in [0.4, 0.5) is 22.1 Å². The van der Waals surface area contributed by atoms with Crippen LogP contribution >= 0.6 is 11.6 Å². The number of methoxy groups -OCH3 is 2. The monoisotopic (exact) mass is 663 g/mol. The lowest BCUT2D eigenvalue weighted by Crippen LogP contribution is -2.44. The molecule has 2 aliphatic heterocycles. The van der Waals surface area contributed by atoms with Gasteiger partial charge in [-0.3, -0.25) is 0 Å². The van der Waals surface area contributed by atoms with Crippen LogP contribution < -0.4 is 19.7 Å². The average Bonchev–Trinajstić information content (AvgIpc) is 3.04. The molecule has 0 atom stereocenters. The average molecular weight is 664 g/mol. The summed E-state index contributed by atoms with van der Waals surface area (Å²) in [7, 11) is 3.03. The molecule has 1 saturated heterocycles. The maximum atomic E-state index is 12.7. The van der Waals surface area contributed by atoms with Crippen molar-refractivity contribution < 1.29 is 28.5 Å². The lowest BCUT2D eigenvalue weighted by atomic mass is 10.0. The van der Waals surface area contributed by atoms with Gasteiger partial charge in [-0.05, 0) is 75.6 Å². The Hall–Kier alpha value is -4.51. The number of amides is 1. The second-order valence-electron chi connectivity index (χ2n) is 12.5. The number of ether oxygens (including phenoxy) is 4. The highest BCUT2D eigenvalue weighted by Crippen LogP contribution is 2.35. The number of piperidine rings is 1. The van der Waals surface area contributed by atoms with Gasteiger partial charge in [0.25, 0.3) is 0 Å². The second kappa shape index (κ2) is 14.9. The third-order valence-electron chi connectivity index (χ3n) is 7.92. The number of rotatable bonds is 8. The summed E-state index contributed by atoms with van der Waals surface area (Å²) in [6.07, 6.45) is 5.58. The first-order chi connectivity index (χ1) is 22.5. The number of esters is 1. The fourth-order valence-electron chi connectivity index (χ4n) is 5.55. The van der Waals surface area contributed by atoms with E-state index in [0.29, 0.717) is 84.7 Å². The first kappa shape index (κ1) is 33.8. The Balaban J connectivity index is 1.33. The van der Waals surface area contributed by atoms with Gasteiger partial charge < -0.3 is 34.1 Å². The van der Waals surface area contributed by atoms with Crippen molar-refractivity contribution in [1.29, 1.82) is 0 Å². The van der Waals surface area contributed by atoms with E-state index in [-0.39, 0.29) is 18.2 Å². The minimum atomic E-state index is -0.534. The molecule has 0 radical (unpaired) electrons. The number of nitrogens with one attached hydrogen (secondary N) is 1. The molecule has 12 heteroatoms. The molecule has 0 saturated carbocycles. The Kier molecular flexibility index (Phi) is 10.8. The Morgan fingerprint density at radius 3 is 2.43 bits per heavy atom. The molecular formula is C35H42ClN5O6.